The van der Waals surface area contributed by atoms with Crippen LogP contribution < -0.4 is 0 Å². The number of Topliss-reactive ketones (excluding diaryl/α,β-unsaturated/α-hetero) is 1. The molecule has 0 radical (unpaired) electrons. The zero-order valence-corrected chi connectivity index (χ0v) is 14.9. The van der Waals surface area contributed by atoms with Crippen molar-refractivity contribution < 1.29 is 19.7 Å². The Morgan fingerprint density at radius 3 is 2.67 bits per heavy atom. The summed E-state index contributed by atoms with van der Waals surface area (Å²) in [5, 5.41) is 20.1. The molecule has 4 aliphatic carbocycles. The largest absolute Gasteiger partial charge is 0.396 e. The Morgan fingerprint density at radius 1 is 1.21 bits per heavy atom. The van der Waals surface area contributed by atoms with Crippen molar-refractivity contribution in [3.8, 4) is 0 Å². The maximum atomic E-state index is 13.4. The molecular weight excluding hydrogens is 304 g/mol. The molecule has 2 saturated heterocycles. The molecule has 0 amide bonds. The monoisotopic (exact) mass is 334 g/mol. The zero-order valence-electron chi connectivity index (χ0n) is 14.9. The van der Waals surface area contributed by atoms with Gasteiger partial charge in [0.1, 0.15) is 5.78 Å². The van der Waals surface area contributed by atoms with Gasteiger partial charge in [-0.25, -0.2) is 0 Å². The predicted molar refractivity (Wildman–Crippen MR) is 88.2 cm³/mol. The van der Waals surface area contributed by atoms with Gasteiger partial charge in [-0.2, -0.15) is 0 Å². The van der Waals surface area contributed by atoms with Crippen molar-refractivity contribution in [2.75, 3.05) is 13.2 Å². The summed E-state index contributed by atoms with van der Waals surface area (Å²) in [4.78, 5) is 13.4. The topological polar surface area (TPSA) is 66.8 Å². The first-order valence-electron chi connectivity index (χ1n) is 9.76. The van der Waals surface area contributed by atoms with Crippen LogP contribution in [0, 0.1) is 34.0 Å². The Labute approximate surface area is 144 Å². The summed E-state index contributed by atoms with van der Waals surface area (Å²) in [7, 11) is 0. The van der Waals surface area contributed by atoms with Gasteiger partial charge in [0.25, 0.3) is 0 Å². The molecule has 4 nitrogen and oxygen atoms in total. The average Bonchev–Trinajstić information content (AvgIpc) is 2.96. The molecule has 4 saturated carbocycles. The number of fused-ring (bicyclic) bond motifs is 1. The molecule has 2 aliphatic heterocycles. The van der Waals surface area contributed by atoms with Gasteiger partial charge in [-0.1, -0.05) is 20.3 Å². The lowest BCUT2D eigenvalue weighted by Gasteiger charge is -2.65. The Hall–Kier alpha value is -0.450. The second-order valence-electron chi connectivity index (χ2n) is 10.2. The second-order valence-corrected chi connectivity index (χ2v) is 10.2. The lowest BCUT2D eigenvalue weighted by atomic mass is 9.40. The van der Waals surface area contributed by atoms with Gasteiger partial charge in [0.05, 0.1) is 18.3 Å². The SMILES string of the molecule is C[C@@]1(CO)CCC[C@]2(C)[C@@H]1CC(=O)[C@]13C[C@H]4C[C@H](O[C@]4(CO)C1)[C@H]32. The molecule has 2 N–H and O–H groups in total. The molecule has 0 aromatic rings. The Bertz CT molecular complexity index is 604. The summed E-state index contributed by atoms with van der Waals surface area (Å²) in [6.07, 6.45) is 6.71. The Morgan fingerprint density at radius 2 is 2.00 bits per heavy atom. The Balaban J connectivity index is 1.63. The first-order valence-corrected chi connectivity index (χ1v) is 9.76. The standard InChI is InChI=1S/C20H30O4/c1-17(10-21)4-3-5-18(2)14(17)7-15(23)19-8-12-6-13(16(18)19)24-20(12,9-19)11-22/h12-14,16,21-22H,3-11H2,1-2H3/t12-,13+,14-,16+,17+,18-,19+,20+/m1/s1. The fourth-order valence-corrected chi connectivity index (χ4v) is 8.35. The number of carbonyl (C=O) groups is 1. The van der Waals surface area contributed by atoms with E-state index in [4.69, 9.17) is 4.74 Å². The minimum Gasteiger partial charge on any atom is -0.396 e. The maximum Gasteiger partial charge on any atom is 0.139 e. The van der Waals surface area contributed by atoms with E-state index in [1.807, 2.05) is 0 Å². The molecule has 0 aromatic heterocycles. The summed E-state index contributed by atoms with van der Waals surface area (Å²) in [5.41, 5.74) is -0.759. The van der Waals surface area contributed by atoms with Crippen LogP contribution in [0.3, 0.4) is 0 Å². The molecule has 4 heteroatoms. The van der Waals surface area contributed by atoms with Crippen LogP contribution >= 0.6 is 0 Å². The highest BCUT2D eigenvalue weighted by Crippen LogP contribution is 2.75. The first-order chi connectivity index (χ1) is 11.3. The fraction of sp³-hybridized carbons (Fsp3) is 0.950. The maximum absolute atomic E-state index is 13.4. The van der Waals surface area contributed by atoms with Gasteiger partial charge in [0.15, 0.2) is 0 Å². The molecule has 0 unspecified atom stereocenters. The number of ketones is 1. The van der Waals surface area contributed by atoms with Crippen LogP contribution in [0.4, 0.5) is 0 Å². The third-order valence-electron chi connectivity index (χ3n) is 9.22. The highest BCUT2D eigenvalue weighted by molar-refractivity contribution is 5.88. The van der Waals surface area contributed by atoms with Crippen LogP contribution in [-0.4, -0.2) is 40.9 Å². The Kier molecular flexibility index (Phi) is 2.92. The molecule has 24 heavy (non-hydrogen) atoms. The molecule has 8 atom stereocenters. The molecule has 134 valence electrons. The summed E-state index contributed by atoms with van der Waals surface area (Å²) in [5.74, 6) is 1.31. The minimum atomic E-state index is -0.436. The van der Waals surface area contributed by atoms with Crippen molar-refractivity contribution in [3.05, 3.63) is 0 Å². The minimum absolute atomic E-state index is 0.0599. The van der Waals surface area contributed by atoms with Crippen LogP contribution in [-0.2, 0) is 9.53 Å². The second kappa shape index (κ2) is 4.44. The van der Waals surface area contributed by atoms with Crippen LogP contribution in [0.15, 0.2) is 0 Å². The molecule has 6 aliphatic rings. The molecular formula is C20H30O4. The average molecular weight is 334 g/mol. The number of ether oxygens (including phenoxy) is 1. The fourth-order valence-electron chi connectivity index (χ4n) is 8.35. The van der Waals surface area contributed by atoms with Crippen LogP contribution in [0.2, 0.25) is 0 Å². The number of carbonyl (C=O) groups excluding carboxylic acids is 1. The van der Waals surface area contributed by atoms with Gasteiger partial charge in [-0.05, 0) is 54.8 Å². The lowest BCUT2D eigenvalue weighted by Crippen LogP contribution is -2.65. The van der Waals surface area contributed by atoms with E-state index in [2.05, 4.69) is 13.8 Å². The van der Waals surface area contributed by atoms with E-state index in [0.29, 0.717) is 18.1 Å². The van der Waals surface area contributed by atoms with Gasteiger partial charge in [0, 0.05) is 24.4 Å². The van der Waals surface area contributed by atoms with Crippen molar-refractivity contribution in [2.45, 2.75) is 70.5 Å². The number of hydrogen-bond acceptors (Lipinski definition) is 4. The predicted octanol–water partition coefficient (Wildman–Crippen LogP) is 2.31. The van der Waals surface area contributed by atoms with E-state index in [-0.39, 0.29) is 47.4 Å². The van der Waals surface area contributed by atoms with Crippen molar-refractivity contribution in [1.82, 2.24) is 0 Å². The smallest absolute Gasteiger partial charge is 0.139 e. The molecule has 1 spiro atoms. The molecule has 4 bridgehead atoms. The third kappa shape index (κ3) is 1.51. The first kappa shape index (κ1) is 15.8. The van der Waals surface area contributed by atoms with E-state index < -0.39 is 5.60 Å². The normalized spacial score (nSPS) is 61.1. The van der Waals surface area contributed by atoms with Gasteiger partial charge in [-0.3, -0.25) is 4.79 Å². The summed E-state index contributed by atoms with van der Waals surface area (Å²) in [6.45, 7) is 4.80. The van der Waals surface area contributed by atoms with Gasteiger partial charge < -0.3 is 14.9 Å². The summed E-state index contributed by atoms with van der Waals surface area (Å²) < 4.78 is 6.45. The van der Waals surface area contributed by atoms with Gasteiger partial charge in [0.2, 0.25) is 0 Å². The van der Waals surface area contributed by atoms with E-state index >= 15 is 0 Å². The quantitative estimate of drug-likeness (QED) is 0.813. The van der Waals surface area contributed by atoms with E-state index in [1.54, 1.807) is 0 Å². The zero-order chi connectivity index (χ0) is 17.0. The van der Waals surface area contributed by atoms with Crippen molar-refractivity contribution in [3.63, 3.8) is 0 Å². The van der Waals surface area contributed by atoms with Crippen LogP contribution in [0.25, 0.3) is 0 Å². The van der Waals surface area contributed by atoms with E-state index in [1.165, 1.54) is 0 Å². The van der Waals surface area contributed by atoms with Gasteiger partial charge in [-0.15, -0.1) is 0 Å². The summed E-state index contributed by atoms with van der Waals surface area (Å²) in [6, 6.07) is 0. The van der Waals surface area contributed by atoms with Crippen LogP contribution in [0.5, 0.6) is 0 Å². The number of rotatable bonds is 2. The van der Waals surface area contributed by atoms with Crippen LogP contribution in [0.1, 0.15) is 58.8 Å². The molecule has 6 rings (SSSR count). The third-order valence-corrected chi connectivity index (χ3v) is 9.22. The summed E-state index contributed by atoms with van der Waals surface area (Å²) >= 11 is 0. The van der Waals surface area contributed by atoms with Crippen molar-refractivity contribution in [1.29, 1.82) is 0 Å². The van der Waals surface area contributed by atoms with Gasteiger partial charge >= 0.3 is 0 Å². The number of aliphatic hydroxyl groups excluding tert-OH is 2. The number of aliphatic hydroxyl groups is 2. The van der Waals surface area contributed by atoms with Crippen molar-refractivity contribution in [2.24, 2.45) is 34.0 Å². The van der Waals surface area contributed by atoms with Crippen molar-refractivity contribution >= 4 is 5.78 Å². The number of hydrogen-bond donors (Lipinski definition) is 2. The molecule has 6 fully saturated rings. The molecule has 0 aromatic carbocycles. The molecule has 2 heterocycles. The highest BCUT2D eigenvalue weighted by atomic mass is 16.5. The highest BCUT2D eigenvalue weighted by Gasteiger charge is 2.77. The van der Waals surface area contributed by atoms with E-state index in [9.17, 15) is 15.0 Å². The lowest BCUT2D eigenvalue weighted by molar-refractivity contribution is -0.230. The van der Waals surface area contributed by atoms with E-state index in [0.717, 1.165) is 38.5 Å².